The quantitative estimate of drug-likeness (QED) is 0.642. The zero-order valence-electron chi connectivity index (χ0n) is 13.7. The summed E-state index contributed by atoms with van der Waals surface area (Å²) in [7, 11) is 0. The maximum Gasteiger partial charge on any atom is 0.352 e. The van der Waals surface area contributed by atoms with Crippen LogP contribution in [0.4, 0.5) is 17.3 Å². The molecule has 7 heteroatoms. The molecule has 23 heavy (non-hydrogen) atoms. The number of rotatable bonds is 3. The van der Waals surface area contributed by atoms with Gasteiger partial charge in [0.25, 0.3) is 0 Å². The fourth-order valence-corrected chi connectivity index (χ4v) is 3.18. The third-order valence-corrected chi connectivity index (χ3v) is 4.48. The number of nitrogens with one attached hydrogen (secondary N) is 1. The molecule has 1 fully saturated rings. The van der Waals surface area contributed by atoms with Crippen LogP contribution in [0.5, 0.6) is 0 Å². The van der Waals surface area contributed by atoms with E-state index in [1.54, 1.807) is 0 Å². The summed E-state index contributed by atoms with van der Waals surface area (Å²) in [5.74, 6) is 0.167. The predicted molar refractivity (Wildman–Crippen MR) is 91.3 cm³/mol. The lowest BCUT2D eigenvalue weighted by atomic mass is 9.98. The molecule has 0 aliphatic heterocycles. The molecule has 0 amide bonds. The first-order valence-corrected chi connectivity index (χ1v) is 8.70. The Kier molecular flexibility index (Phi) is 7.03. The molecule has 1 aromatic heterocycles. The van der Waals surface area contributed by atoms with Gasteiger partial charge in [-0.25, -0.2) is 9.97 Å². The van der Waals surface area contributed by atoms with E-state index >= 15 is 0 Å². The van der Waals surface area contributed by atoms with E-state index in [1.165, 1.54) is 51.3 Å². The van der Waals surface area contributed by atoms with Crippen LogP contribution in [-0.2, 0) is 0 Å². The molecular formula is C16H27N5O2. The van der Waals surface area contributed by atoms with E-state index in [1.807, 2.05) is 0 Å². The average molecular weight is 321 g/mol. The number of nitro groups is 1. The molecular weight excluding hydrogens is 294 g/mol. The fraction of sp³-hybridized carbons (Fsp3) is 0.750. The SMILES string of the molecule is Nc1ncnc(NC2CCCCCCCCCCC2)c1[N+](=O)[O-]. The summed E-state index contributed by atoms with van der Waals surface area (Å²) < 4.78 is 0. The van der Waals surface area contributed by atoms with Gasteiger partial charge in [0.05, 0.1) is 4.92 Å². The van der Waals surface area contributed by atoms with Gasteiger partial charge in [0, 0.05) is 6.04 Å². The lowest BCUT2D eigenvalue weighted by molar-refractivity contribution is -0.383. The van der Waals surface area contributed by atoms with Crippen molar-refractivity contribution in [3.63, 3.8) is 0 Å². The van der Waals surface area contributed by atoms with Crippen molar-refractivity contribution >= 4 is 17.3 Å². The molecule has 0 spiro atoms. The molecule has 1 heterocycles. The monoisotopic (exact) mass is 321 g/mol. The third-order valence-electron chi connectivity index (χ3n) is 4.48. The van der Waals surface area contributed by atoms with Gasteiger partial charge in [0.1, 0.15) is 6.33 Å². The predicted octanol–water partition coefficient (Wildman–Crippen LogP) is 4.05. The molecule has 0 bridgehead atoms. The first-order chi connectivity index (χ1) is 11.2. The smallest absolute Gasteiger partial charge is 0.352 e. The number of hydrogen-bond donors (Lipinski definition) is 2. The van der Waals surface area contributed by atoms with Crippen molar-refractivity contribution in [2.75, 3.05) is 11.1 Å². The molecule has 128 valence electrons. The summed E-state index contributed by atoms with van der Waals surface area (Å²) in [4.78, 5) is 18.5. The van der Waals surface area contributed by atoms with Gasteiger partial charge in [0.2, 0.25) is 11.6 Å². The lowest BCUT2D eigenvalue weighted by Gasteiger charge is -2.20. The van der Waals surface area contributed by atoms with Gasteiger partial charge in [-0.3, -0.25) is 10.1 Å². The summed E-state index contributed by atoms with van der Waals surface area (Å²) in [6, 6.07) is 0.211. The number of nitrogen functional groups attached to an aromatic ring is 1. The Balaban J connectivity index is 2.03. The highest BCUT2D eigenvalue weighted by molar-refractivity contribution is 5.67. The molecule has 2 rings (SSSR count). The minimum absolute atomic E-state index is 0.0827. The van der Waals surface area contributed by atoms with Crippen molar-refractivity contribution in [2.24, 2.45) is 0 Å². The van der Waals surface area contributed by atoms with Gasteiger partial charge in [0.15, 0.2) is 0 Å². The Hall–Kier alpha value is -1.92. The molecule has 0 atom stereocenters. The van der Waals surface area contributed by atoms with E-state index < -0.39 is 4.92 Å². The highest BCUT2D eigenvalue weighted by Crippen LogP contribution is 2.28. The topological polar surface area (TPSA) is 107 Å². The van der Waals surface area contributed by atoms with Crippen LogP contribution in [0.1, 0.15) is 70.6 Å². The van der Waals surface area contributed by atoms with Gasteiger partial charge in [-0.2, -0.15) is 0 Å². The minimum atomic E-state index is -0.507. The van der Waals surface area contributed by atoms with Crippen molar-refractivity contribution in [3.05, 3.63) is 16.4 Å². The number of aromatic nitrogens is 2. The van der Waals surface area contributed by atoms with Gasteiger partial charge in [-0.05, 0) is 12.8 Å². The highest BCUT2D eigenvalue weighted by Gasteiger charge is 2.23. The second-order valence-electron chi connectivity index (χ2n) is 6.31. The van der Waals surface area contributed by atoms with Crippen LogP contribution in [0.15, 0.2) is 6.33 Å². The van der Waals surface area contributed by atoms with Crippen LogP contribution in [-0.4, -0.2) is 20.9 Å². The second kappa shape index (κ2) is 9.27. The van der Waals surface area contributed by atoms with Crippen LogP contribution >= 0.6 is 0 Å². The summed E-state index contributed by atoms with van der Waals surface area (Å²) in [6.45, 7) is 0. The maximum absolute atomic E-state index is 11.2. The normalized spacial score (nSPS) is 18.6. The maximum atomic E-state index is 11.2. The average Bonchev–Trinajstić information content (AvgIpc) is 2.49. The molecule has 7 nitrogen and oxygen atoms in total. The molecule has 1 aliphatic carbocycles. The zero-order chi connectivity index (χ0) is 16.5. The third kappa shape index (κ3) is 5.65. The Morgan fingerprint density at radius 3 is 2.04 bits per heavy atom. The van der Waals surface area contributed by atoms with E-state index in [4.69, 9.17) is 5.73 Å². The van der Waals surface area contributed by atoms with Crippen molar-refractivity contribution in [1.29, 1.82) is 0 Å². The molecule has 0 unspecified atom stereocenters. The molecule has 0 saturated heterocycles. The van der Waals surface area contributed by atoms with Crippen molar-refractivity contribution in [3.8, 4) is 0 Å². The molecule has 1 aromatic rings. The molecule has 1 aliphatic rings. The summed E-state index contributed by atoms with van der Waals surface area (Å²) in [5, 5.41) is 14.4. The van der Waals surface area contributed by atoms with Crippen LogP contribution < -0.4 is 11.1 Å². The number of anilines is 2. The van der Waals surface area contributed by atoms with E-state index in [9.17, 15) is 10.1 Å². The summed E-state index contributed by atoms with van der Waals surface area (Å²) >= 11 is 0. The van der Waals surface area contributed by atoms with Gasteiger partial charge in [-0.15, -0.1) is 0 Å². The van der Waals surface area contributed by atoms with Crippen LogP contribution in [0.25, 0.3) is 0 Å². The van der Waals surface area contributed by atoms with Gasteiger partial charge < -0.3 is 11.1 Å². The first kappa shape index (κ1) is 17.4. The zero-order valence-corrected chi connectivity index (χ0v) is 13.7. The first-order valence-electron chi connectivity index (χ1n) is 8.70. The van der Waals surface area contributed by atoms with E-state index in [0.29, 0.717) is 0 Å². The van der Waals surface area contributed by atoms with Crippen LogP contribution in [0, 0.1) is 10.1 Å². The Morgan fingerprint density at radius 1 is 1.00 bits per heavy atom. The fourth-order valence-electron chi connectivity index (χ4n) is 3.18. The standard InChI is InChI=1S/C16H27N5O2/c17-15-14(21(22)23)16(19-12-18-15)20-13-10-8-6-4-2-1-3-5-7-9-11-13/h12-13H,1-11H2,(H3,17,18,19,20). The number of hydrogen-bond acceptors (Lipinski definition) is 6. The summed E-state index contributed by atoms with van der Waals surface area (Å²) in [6.07, 6.45) is 14.6. The summed E-state index contributed by atoms with van der Waals surface area (Å²) in [5.41, 5.74) is 5.42. The van der Waals surface area contributed by atoms with Crippen LogP contribution in [0.3, 0.4) is 0 Å². The lowest BCUT2D eigenvalue weighted by Crippen LogP contribution is -2.21. The number of nitrogens with two attached hydrogens (primary N) is 1. The van der Waals surface area contributed by atoms with Crippen molar-refractivity contribution in [1.82, 2.24) is 9.97 Å². The van der Waals surface area contributed by atoms with E-state index in [2.05, 4.69) is 15.3 Å². The Morgan fingerprint density at radius 2 is 1.52 bits per heavy atom. The Labute approximate surface area is 137 Å². The molecule has 1 saturated carbocycles. The van der Waals surface area contributed by atoms with Crippen molar-refractivity contribution < 1.29 is 4.92 Å². The minimum Gasteiger partial charge on any atom is -0.378 e. The molecule has 0 radical (unpaired) electrons. The second-order valence-corrected chi connectivity index (χ2v) is 6.31. The number of nitrogens with zero attached hydrogens (tertiary/aromatic N) is 3. The molecule has 3 N–H and O–H groups in total. The Bertz CT molecular complexity index is 497. The van der Waals surface area contributed by atoms with E-state index in [-0.39, 0.29) is 23.4 Å². The van der Waals surface area contributed by atoms with Gasteiger partial charge >= 0.3 is 5.69 Å². The van der Waals surface area contributed by atoms with Crippen molar-refractivity contribution in [2.45, 2.75) is 76.7 Å². The molecule has 0 aromatic carbocycles. The largest absolute Gasteiger partial charge is 0.378 e. The highest BCUT2D eigenvalue weighted by atomic mass is 16.6. The van der Waals surface area contributed by atoms with E-state index in [0.717, 1.165) is 25.7 Å². The van der Waals surface area contributed by atoms with Gasteiger partial charge in [-0.1, -0.05) is 57.8 Å². The van der Waals surface area contributed by atoms with Crippen LogP contribution in [0.2, 0.25) is 0 Å².